The quantitative estimate of drug-likeness (QED) is 0.612. The molecular formula is C13H16ClNO5. The summed E-state index contributed by atoms with van der Waals surface area (Å²) in [6.45, 7) is 2.13. The predicted molar refractivity (Wildman–Crippen MR) is 72.9 cm³/mol. The maximum atomic E-state index is 11.8. The molecule has 1 amide bonds. The summed E-state index contributed by atoms with van der Waals surface area (Å²) in [5.74, 6) is -1.54. The number of amides is 1. The van der Waals surface area contributed by atoms with E-state index in [2.05, 4.69) is 5.32 Å². The Hall–Kier alpha value is -1.79. The Balaban J connectivity index is 2.58. The number of nitrogens with one attached hydrogen (secondary N) is 1. The second-order valence-electron chi connectivity index (χ2n) is 3.99. The number of rotatable bonds is 6. The van der Waals surface area contributed by atoms with Crippen LogP contribution >= 0.6 is 11.6 Å². The summed E-state index contributed by atoms with van der Waals surface area (Å²) in [7, 11) is 1.51. The van der Waals surface area contributed by atoms with Crippen LogP contribution in [0.5, 0.6) is 5.75 Å². The third-order valence-electron chi connectivity index (χ3n) is 2.44. The van der Waals surface area contributed by atoms with E-state index >= 15 is 0 Å². The lowest BCUT2D eigenvalue weighted by molar-refractivity contribution is -0.129. The van der Waals surface area contributed by atoms with Gasteiger partial charge in [0.1, 0.15) is 11.3 Å². The summed E-state index contributed by atoms with van der Waals surface area (Å²) in [6, 6.07) is 4.00. The van der Waals surface area contributed by atoms with Crippen molar-refractivity contribution in [2.24, 2.45) is 0 Å². The molecule has 0 heterocycles. The zero-order chi connectivity index (χ0) is 15.1. The molecule has 110 valence electrons. The molecule has 7 heteroatoms. The van der Waals surface area contributed by atoms with E-state index in [4.69, 9.17) is 21.1 Å². The molecule has 0 unspecified atom stereocenters. The number of hydrogen-bond acceptors (Lipinski definition) is 5. The lowest BCUT2D eigenvalue weighted by Crippen LogP contribution is -2.37. The number of esters is 1. The van der Waals surface area contributed by atoms with Gasteiger partial charge in [0.05, 0.1) is 6.61 Å². The Morgan fingerprint density at radius 3 is 2.75 bits per heavy atom. The second kappa shape index (κ2) is 7.72. The highest BCUT2D eigenvalue weighted by Crippen LogP contribution is 2.22. The molecule has 0 aliphatic rings. The first-order valence-corrected chi connectivity index (χ1v) is 6.29. The monoisotopic (exact) mass is 301 g/mol. The number of methoxy groups -OCH3 is 1. The average molecular weight is 302 g/mol. The van der Waals surface area contributed by atoms with Gasteiger partial charge in [0, 0.05) is 18.7 Å². The van der Waals surface area contributed by atoms with Gasteiger partial charge in [-0.3, -0.25) is 4.79 Å². The molecule has 0 saturated carbocycles. The molecule has 0 spiro atoms. The minimum absolute atomic E-state index is 0.0501. The van der Waals surface area contributed by atoms with E-state index in [1.807, 2.05) is 0 Å². The van der Waals surface area contributed by atoms with Gasteiger partial charge in [-0.2, -0.15) is 0 Å². The van der Waals surface area contributed by atoms with Crippen molar-refractivity contribution in [2.45, 2.75) is 13.0 Å². The molecule has 0 bridgehead atoms. The fourth-order valence-electron chi connectivity index (χ4n) is 1.37. The van der Waals surface area contributed by atoms with Crippen LogP contribution in [0.4, 0.5) is 0 Å². The molecule has 0 aromatic heterocycles. The minimum atomic E-state index is -0.977. The summed E-state index contributed by atoms with van der Waals surface area (Å²) < 4.78 is 9.74. The number of halogens is 1. The van der Waals surface area contributed by atoms with Crippen LogP contribution in [0.15, 0.2) is 18.2 Å². The second-order valence-corrected chi connectivity index (χ2v) is 4.43. The average Bonchev–Trinajstić information content (AvgIpc) is 2.38. The van der Waals surface area contributed by atoms with Crippen molar-refractivity contribution in [1.29, 1.82) is 0 Å². The largest absolute Gasteiger partial charge is 0.507 e. The molecule has 6 nitrogen and oxygen atoms in total. The van der Waals surface area contributed by atoms with Crippen molar-refractivity contribution in [2.75, 3.05) is 20.3 Å². The van der Waals surface area contributed by atoms with Crippen LogP contribution in [-0.4, -0.2) is 43.3 Å². The normalized spacial score (nSPS) is 11.8. The number of phenolic OH excluding ortho intramolecular Hbond substituents is 1. The van der Waals surface area contributed by atoms with E-state index in [1.54, 1.807) is 0 Å². The number of carbonyl (C=O) groups is 2. The van der Waals surface area contributed by atoms with Crippen molar-refractivity contribution in [1.82, 2.24) is 5.32 Å². The maximum Gasteiger partial charge on any atom is 0.342 e. The lowest BCUT2D eigenvalue weighted by atomic mass is 10.2. The van der Waals surface area contributed by atoms with E-state index in [9.17, 15) is 14.7 Å². The van der Waals surface area contributed by atoms with Gasteiger partial charge in [0.15, 0.2) is 6.10 Å². The Bertz CT molecular complexity index is 492. The van der Waals surface area contributed by atoms with Crippen LogP contribution in [0.25, 0.3) is 0 Å². The van der Waals surface area contributed by atoms with Gasteiger partial charge in [-0.25, -0.2) is 4.79 Å². The fourth-order valence-corrected chi connectivity index (χ4v) is 1.54. The van der Waals surface area contributed by atoms with Gasteiger partial charge in [0.25, 0.3) is 5.91 Å². The Morgan fingerprint density at radius 2 is 2.15 bits per heavy atom. The van der Waals surface area contributed by atoms with Crippen LogP contribution in [0, 0.1) is 0 Å². The van der Waals surface area contributed by atoms with Crippen LogP contribution < -0.4 is 5.32 Å². The van der Waals surface area contributed by atoms with E-state index in [0.717, 1.165) is 0 Å². The van der Waals surface area contributed by atoms with Gasteiger partial charge < -0.3 is 19.9 Å². The number of hydrogen-bond donors (Lipinski definition) is 2. The number of aromatic hydroxyl groups is 1. The van der Waals surface area contributed by atoms with Crippen LogP contribution in [0.3, 0.4) is 0 Å². The molecule has 2 N–H and O–H groups in total. The van der Waals surface area contributed by atoms with E-state index in [0.29, 0.717) is 18.2 Å². The van der Waals surface area contributed by atoms with Crippen molar-refractivity contribution >= 4 is 23.5 Å². The third kappa shape index (κ3) is 4.71. The first-order chi connectivity index (χ1) is 9.45. The number of ether oxygens (including phenoxy) is 2. The summed E-state index contributed by atoms with van der Waals surface area (Å²) in [6.07, 6.45) is -0.977. The molecule has 1 atom stereocenters. The van der Waals surface area contributed by atoms with E-state index < -0.39 is 18.0 Å². The standard InChI is InChI=1S/C13H16ClNO5/c1-8(12(17)15-5-6-19-2)20-13(18)10-4-3-9(14)7-11(10)16/h3-4,7-8,16H,5-6H2,1-2H3,(H,15,17)/t8-/m0/s1. The third-order valence-corrected chi connectivity index (χ3v) is 2.67. The Labute approximate surface area is 121 Å². The topological polar surface area (TPSA) is 84.9 Å². The molecule has 1 aromatic carbocycles. The lowest BCUT2D eigenvalue weighted by Gasteiger charge is -2.13. The SMILES string of the molecule is COCCNC(=O)[C@H](C)OC(=O)c1ccc(Cl)cc1O. The first kappa shape index (κ1) is 16.3. The highest BCUT2D eigenvalue weighted by molar-refractivity contribution is 6.30. The summed E-state index contributed by atoms with van der Waals surface area (Å²) in [5.41, 5.74) is -0.0501. The van der Waals surface area contributed by atoms with Gasteiger partial charge in [-0.15, -0.1) is 0 Å². The molecule has 1 aromatic rings. The fraction of sp³-hybridized carbons (Fsp3) is 0.385. The summed E-state index contributed by atoms with van der Waals surface area (Å²) >= 11 is 5.66. The van der Waals surface area contributed by atoms with Crippen molar-refractivity contribution in [3.63, 3.8) is 0 Å². The van der Waals surface area contributed by atoms with E-state index in [1.165, 1.54) is 32.2 Å². The Kier molecular flexibility index (Phi) is 6.27. The zero-order valence-corrected chi connectivity index (χ0v) is 11.9. The summed E-state index contributed by atoms with van der Waals surface area (Å²) in [4.78, 5) is 23.4. The predicted octanol–water partition coefficient (Wildman–Crippen LogP) is 1.35. The highest BCUT2D eigenvalue weighted by Gasteiger charge is 2.20. The molecule has 0 aliphatic carbocycles. The molecule has 0 radical (unpaired) electrons. The number of carbonyl (C=O) groups excluding carboxylic acids is 2. The van der Waals surface area contributed by atoms with Crippen LogP contribution in [0.2, 0.25) is 5.02 Å². The number of phenols is 1. The highest BCUT2D eigenvalue weighted by atomic mass is 35.5. The van der Waals surface area contributed by atoms with Gasteiger partial charge in [0.2, 0.25) is 0 Å². The number of benzene rings is 1. The van der Waals surface area contributed by atoms with E-state index in [-0.39, 0.29) is 11.3 Å². The molecule has 20 heavy (non-hydrogen) atoms. The first-order valence-electron chi connectivity index (χ1n) is 5.92. The molecule has 1 rings (SSSR count). The zero-order valence-electron chi connectivity index (χ0n) is 11.2. The van der Waals surface area contributed by atoms with Gasteiger partial charge in [-0.1, -0.05) is 11.6 Å². The van der Waals surface area contributed by atoms with Gasteiger partial charge in [-0.05, 0) is 25.1 Å². The molecular weight excluding hydrogens is 286 g/mol. The van der Waals surface area contributed by atoms with Crippen molar-refractivity contribution < 1.29 is 24.2 Å². The maximum absolute atomic E-state index is 11.8. The summed E-state index contributed by atoms with van der Waals surface area (Å²) in [5, 5.41) is 12.4. The van der Waals surface area contributed by atoms with Crippen molar-refractivity contribution in [3.05, 3.63) is 28.8 Å². The Morgan fingerprint density at radius 1 is 1.45 bits per heavy atom. The molecule has 0 fully saturated rings. The molecule has 0 aliphatic heterocycles. The van der Waals surface area contributed by atoms with Crippen LogP contribution in [-0.2, 0) is 14.3 Å². The van der Waals surface area contributed by atoms with Gasteiger partial charge >= 0.3 is 5.97 Å². The smallest absolute Gasteiger partial charge is 0.342 e. The molecule has 0 saturated heterocycles. The minimum Gasteiger partial charge on any atom is -0.507 e. The van der Waals surface area contributed by atoms with Crippen LogP contribution in [0.1, 0.15) is 17.3 Å². The van der Waals surface area contributed by atoms with Crippen molar-refractivity contribution in [3.8, 4) is 5.75 Å².